The number of fused-ring (bicyclic) bond motifs is 1. The van der Waals surface area contributed by atoms with Crippen molar-refractivity contribution in [2.45, 2.75) is 29.8 Å². The second kappa shape index (κ2) is 8.66. The Morgan fingerprint density at radius 3 is 2.60 bits per heavy atom. The van der Waals surface area contributed by atoms with Crippen LogP contribution in [-0.4, -0.2) is 40.3 Å². The van der Waals surface area contributed by atoms with Gasteiger partial charge in [0, 0.05) is 6.42 Å². The standard InChI is InChI=1S/C21H23N5O3S/c1-4-17-23-24-21-26(17)25-18(13-9-11-14(28-2)12-10-13)19(30-21)20(27)22-15-7-5-6-8-16(15)29-3/h5-12,18-19,25H,4H2,1-3H3,(H,22,27)/t18-,19+/m0/s1. The van der Waals surface area contributed by atoms with Gasteiger partial charge in [-0.15, -0.1) is 10.2 Å². The Morgan fingerprint density at radius 1 is 1.13 bits per heavy atom. The predicted molar refractivity (Wildman–Crippen MR) is 116 cm³/mol. The molecule has 2 N–H and O–H groups in total. The average Bonchev–Trinajstić information content (AvgIpc) is 3.20. The molecule has 1 amide bonds. The Kier molecular flexibility index (Phi) is 5.80. The summed E-state index contributed by atoms with van der Waals surface area (Å²) in [4.78, 5) is 13.3. The number of aryl methyl sites for hydroxylation is 1. The summed E-state index contributed by atoms with van der Waals surface area (Å²) in [5.74, 6) is 2.04. The number of aromatic nitrogens is 3. The molecule has 1 aromatic heterocycles. The van der Waals surface area contributed by atoms with Crippen molar-refractivity contribution in [1.82, 2.24) is 14.9 Å². The van der Waals surface area contributed by atoms with Gasteiger partial charge in [0.2, 0.25) is 11.1 Å². The highest BCUT2D eigenvalue weighted by Crippen LogP contribution is 2.38. The second-order valence-electron chi connectivity index (χ2n) is 6.70. The van der Waals surface area contributed by atoms with Gasteiger partial charge in [-0.05, 0) is 29.8 Å². The molecule has 2 aromatic carbocycles. The zero-order chi connectivity index (χ0) is 21.1. The Hall–Kier alpha value is -3.20. The SMILES string of the molecule is CCc1nnc2n1N[C@@H](c1ccc(OC)cc1)[C@H](C(=O)Nc1ccccc1OC)S2. The zero-order valence-electron chi connectivity index (χ0n) is 17.0. The van der Waals surface area contributed by atoms with Crippen LogP contribution in [0.2, 0.25) is 0 Å². The van der Waals surface area contributed by atoms with Crippen molar-refractivity contribution in [3.8, 4) is 11.5 Å². The maximum absolute atomic E-state index is 13.3. The molecular formula is C21H23N5O3S. The molecule has 0 radical (unpaired) electrons. The molecule has 0 aliphatic carbocycles. The molecule has 0 saturated carbocycles. The van der Waals surface area contributed by atoms with E-state index in [1.807, 2.05) is 60.1 Å². The maximum Gasteiger partial charge on any atom is 0.240 e. The van der Waals surface area contributed by atoms with Crippen LogP contribution in [0.15, 0.2) is 53.7 Å². The minimum absolute atomic E-state index is 0.148. The third-order valence-electron chi connectivity index (χ3n) is 4.92. The Bertz CT molecular complexity index is 1040. The van der Waals surface area contributed by atoms with Crippen LogP contribution >= 0.6 is 11.8 Å². The first-order valence-corrected chi connectivity index (χ1v) is 10.5. The van der Waals surface area contributed by atoms with E-state index in [2.05, 4.69) is 20.9 Å². The van der Waals surface area contributed by atoms with E-state index in [-0.39, 0.29) is 11.9 Å². The third-order valence-corrected chi connectivity index (χ3v) is 6.13. The van der Waals surface area contributed by atoms with Gasteiger partial charge in [0.25, 0.3) is 0 Å². The number of para-hydroxylation sites is 2. The zero-order valence-corrected chi connectivity index (χ0v) is 17.8. The fraction of sp³-hybridized carbons (Fsp3) is 0.286. The minimum Gasteiger partial charge on any atom is -0.497 e. The van der Waals surface area contributed by atoms with E-state index in [1.54, 1.807) is 14.2 Å². The smallest absolute Gasteiger partial charge is 0.240 e. The molecule has 0 spiro atoms. The van der Waals surface area contributed by atoms with Crippen LogP contribution in [0.5, 0.6) is 11.5 Å². The van der Waals surface area contributed by atoms with E-state index in [9.17, 15) is 4.79 Å². The molecule has 8 nitrogen and oxygen atoms in total. The summed E-state index contributed by atoms with van der Waals surface area (Å²) < 4.78 is 12.5. The van der Waals surface area contributed by atoms with E-state index >= 15 is 0 Å². The number of carbonyl (C=O) groups excluding carboxylic acids is 1. The lowest BCUT2D eigenvalue weighted by Crippen LogP contribution is -2.41. The predicted octanol–water partition coefficient (Wildman–Crippen LogP) is 3.26. The van der Waals surface area contributed by atoms with Crippen molar-refractivity contribution in [2.24, 2.45) is 0 Å². The number of anilines is 1. The molecular weight excluding hydrogens is 402 g/mol. The van der Waals surface area contributed by atoms with Crippen molar-refractivity contribution < 1.29 is 14.3 Å². The van der Waals surface area contributed by atoms with E-state index in [0.717, 1.165) is 23.6 Å². The Morgan fingerprint density at radius 2 is 1.90 bits per heavy atom. The van der Waals surface area contributed by atoms with Gasteiger partial charge >= 0.3 is 0 Å². The van der Waals surface area contributed by atoms with Crippen LogP contribution in [-0.2, 0) is 11.2 Å². The number of rotatable bonds is 6. The number of methoxy groups -OCH3 is 2. The number of amides is 1. The number of hydrogen-bond acceptors (Lipinski definition) is 7. The van der Waals surface area contributed by atoms with Gasteiger partial charge in [-0.25, -0.2) is 4.68 Å². The molecule has 1 aliphatic heterocycles. The van der Waals surface area contributed by atoms with Gasteiger partial charge in [0.05, 0.1) is 25.9 Å². The van der Waals surface area contributed by atoms with Gasteiger partial charge in [0.15, 0.2) is 5.82 Å². The monoisotopic (exact) mass is 425 g/mol. The molecule has 3 aromatic rings. The fourth-order valence-electron chi connectivity index (χ4n) is 3.34. The molecule has 0 unspecified atom stereocenters. The summed E-state index contributed by atoms with van der Waals surface area (Å²) in [5.41, 5.74) is 5.02. The summed E-state index contributed by atoms with van der Waals surface area (Å²) >= 11 is 1.39. The number of carbonyl (C=O) groups is 1. The number of nitrogens with zero attached hydrogens (tertiary/aromatic N) is 3. The maximum atomic E-state index is 13.3. The van der Waals surface area contributed by atoms with Crippen LogP contribution in [0, 0.1) is 0 Å². The highest BCUT2D eigenvalue weighted by Gasteiger charge is 2.38. The molecule has 30 heavy (non-hydrogen) atoms. The highest BCUT2D eigenvalue weighted by molar-refractivity contribution is 8.00. The molecule has 9 heteroatoms. The van der Waals surface area contributed by atoms with E-state index in [0.29, 0.717) is 16.6 Å². The fourth-order valence-corrected chi connectivity index (χ4v) is 4.44. The van der Waals surface area contributed by atoms with Crippen molar-refractivity contribution in [3.63, 3.8) is 0 Å². The molecule has 1 aliphatic rings. The Balaban J connectivity index is 1.67. The lowest BCUT2D eigenvalue weighted by Gasteiger charge is -2.33. The lowest BCUT2D eigenvalue weighted by molar-refractivity contribution is -0.116. The lowest BCUT2D eigenvalue weighted by atomic mass is 10.0. The molecule has 2 heterocycles. The van der Waals surface area contributed by atoms with E-state index < -0.39 is 5.25 Å². The number of ether oxygens (including phenoxy) is 2. The summed E-state index contributed by atoms with van der Waals surface area (Å²) in [6.07, 6.45) is 0.730. The normalized spacial score (nSPS) is 17.6. The average molecular weight is 426 g/mol. The van der Waals surface area contributed by atoms with Crippen molar-refractivity contribution >= 4 is 23.4 Å². The first-order valence-electron chi connectivity index (χ1n) is 9.60. The van der Waals surface area contributed by atoms with Gasteiger partial charge < -0.3 is 20.2 Å². The molecule has 0 bridgehead atoms. The summed E-state index contributed by atoms with van der Waals surface area (Å²) in [7, 11) is 3.21. The number of thioether (sulfide) groups is 1. The minimum atomic E-state index is -0.468. The van der Waals surface area contributed by atoms with Gasteiger partial charge in [-0.1, -0.05) is 43.0 Å². The quantitative estimate of drug-likeness (QED) is 0.626. The van der Waals surface area contributed by atoms with E-state index in [1.165, 1.54) is 11.8 Å². The molecule has 156 valence electrons. The molecule has 4 rings (SSSR count). The van der Waals surface area contributed by atoms with Crippen LogP contribution in [0.25, 0.3) is 0 Å². The number of nitrogens with one attached hydrogen (secondary N) is 2. The molecule has 0 fully saturated rings. The van der Waals surface area contributed by atoms with Gasteiger partial charge in [-0.3, -0.25) is 4.79 Å². The van der Waals surface area contributed by atoms with Crippen molar-refractivity contribution in [3.05, 3.63) is 59.9 Å². The van der Waals surface area contributed by atoms with E-state index in [4.69, 9.17) is 9.47 Å². The summed E-state index contributed by atoms with van der Waals surface area (Å²) in [6.45, 7) is 2.02. The molecule has 2 atom stereocenters. The van der Waals surface area contributed by atoms with Crippen molar-refractivity contribution in [1.29, 1.82) is 0 Å². The summed E-state index contributed by atoms with van der Waals surface area (Å²) in [5, 5.41) is 11.7. The largest absolute Gasteiger partial charge is 0.497 e. The number of benzene rings is 2. The first kappa shape index (κ1) is 20.1. The highest BCUT2D eigenvalue weighted by atomic mass is 32.2. The first-order chi connectivity index (χ1) is 14.6. The van der Waals surface area contributed by atoms with Gasteiger partial charge in [-0.2, -0.15) is 0 Å². The number of hydrogen-bond donors (Lipinski definition) is 2. The van der Waals surface area contributed by atoms with Crippen molar-refractivity contribution in [2.75, 3.05) is 25.0 Å². The second-order valence-corrected chi connectivity index (χ2v) is 7.80. The van der Waals surface area contributed by atoms with Crippen LogP contribution in [0.4, 0.5) is 5.69 Å². The van der Waals surface area contributed by atoms with Crippen LogP contribution in [0.1, 0.15) is 24.4 Å². The van der Waals surface area contributed by atoms with Crippen LogP contribution in [0.3, 0.4) is 0 Å². The third kappa shape index (κ3) is 3.80. The van der Waals surface area contributed by atoms with Gasteiger partial charge in [0.1, 0.15) is 16.7 Å². The summed E-state index contributed by atoms with van der Waals surface area (Å²) in [6, 6.07) is 14.8. The van der Waals surface area contributed by atoms with Crippen LogP contribution < -0.4 is 20.2 Å². The topological polar surface area (TPSA) is 90.3 Å². The molecule has 0 saturated heterocycles. The Labute approximate surface area is 179 Å².